The number of nitrogens with one attached hydrogen (secondary N) is 1. The third-order valence-corrected chi connectivity index (χ3v) is 4.23. The average Bonchev–Trinajstić information content (AvgIpc) is 2.96. The highest BCUT2D eigenvalue weighted by molar-refractivity contribution is 7.89. The van der Waals surface area contributed by atoms with Crippen molar-refractivity contribution in [1.29, 1.82) is 0 Å². The molecule has 0 unspecified atom stereocenters. The van der Waals surface area contributed by atoms with Gasteiger partial charge in [0.1, 0.15) is 0 Å². The number of carbonyl (C=O) groups is 1. The quantitative estimate of drug-likeness (QED) is 0.827. The van der Waals surface area contributed by atoms with Gasteiger partial charge < -0.3 is 9.73 Å². The van der Waals surface area contributed by atoms with Crippen molar-refractivity contribution in [3.63, 3.8) is 0 Å². The Morgan fingerprint density at radius 2 is 1.96 bits per heavy atom. The van der Waals surface area contributed by atoms with Crippen molar-refractivity contribution in [1.82, 2.24) is 10.3 Å². The van der Waals surface area contributed by atoms with E-state index in [1.807, 2.05) is 13.8 Å². The highest BCUT2D eigenvalue weighted by Crippen LogP contribution is 2.17. The minimum absolute atomic E-state index is 0.0634. The van der Waals surface area contributed by atoms with Gasteiger partial charge in [0.2, 0.25) is 15.8 Å². The van der Waals surface area contributed by atoms with E-state index in [1.54, 1.807) is 12.1 Å². The number of benzene rings is 1. The number of aromatic nitrogens is 1. The average molecular weight is 337 g/mol. The SMILES string of the molecule is CC(C)c1ncoc1C(=O)NCCc1ccc(S(N)(=O)=O)cc1. The molecule has 0 fully saturated rings. The van der Waals surface area contributed by atoms with Crippen molar-refractivity contribution >= 4 is 15.9 Å². The lowest BCUT2D eigenvalue weighted by Gasteiger charge is -2.06. The molecule has 0 saturated heterocycles. The first-order valence-electron chi connectivity index (χ1n) is 7.12. The number of amides is 1. The zero-order chi connectivity index (χ0) is 17.0. The first-order valence-corrected chi connectivity index (χ1v) is 8.67. The van der Waals surface area contributed by atoms with Crippen LogP contribution in [0.4, 0.5) is 0 Å². The van der Waals surface area contributed by atoms with E-state index in [2.05, 4.69) is 10.3 Å². The third-order valence-electron chi connectivity index (χ3n) is 3.30. The third kappa shape index (κ3) is 4.40. The van der Waals surface area contributed by atoms with Crippen LogP contribution < -0.4 is 10.5 Å². The minimum atomic E-state index is -3.69. The van der Waals surface area contributed by atoms with E-state index in [1.165, 1.54) is 18.5 Å². The van der Waals surface area contributed by atoms with Crippen LogP contribution in [0.2, 0.25) is 0 Å². The molecule has 0 aliphatic heterocycles. The summed E-state index contributed by atoms with van der Waals surface area (Å²) in [6, 6.07) is 6.22. The van der Waals surface area contributed by atoms with E-state index in [9.17, 15) is 13.2 Å². The van der Waals surface area contributed by atoms with Crippen molar-refractivity contribution < 1.29 is 17.6 Å². The number of carbonyl (C=O) groups excluding carboxylic acids is 1. The predicted octanol–water partition coefficient (Wildman–Crippen LogP) is 1.42. The van der Waals surface area contributed by atoms with Crippen molar-refractivity contribution in [2.75, 3.05) is 6.54 Å². The van der Waals surface area contributed by atoms with Gasteiger partial charge in [0.15, 0.2) is 6.39 Å². The summed E-state index contributed by atoms with van der Waals surface area (Å²) in [7, 11) is -3.69. The second kappa shape index (κ2) is 6.93. The maximum absolute atomic E-state index is 12.1. The number of hydrogen-bond acceptors (Lipinski definition) is 5. The fourth-order valence-electron chi connectivity index (χ4n) is 2.08. The van der Waals surface area contributed by atoms with Crippen molar-refractivity contribution in [3.05, 3.63) is 47.7 Å². The Morgan fingerprint density at radius 3 is 2.52 bits per heavy atom. The Hall–Kier alpha value is -2.19. The molecule has 23 heavy (non-hydrogen) atoms. The summed E-state index contributed by atoms with van der Waals surface area (Å²) in [6.07, 6.45) is 1.82. The molecule has 0 spiro atoms. The zero-order valence-corrected chi connectivity index (χ0v) is 13.8. The van der Waals surface area contributed by atoms with Gasteiger partial charge in [-0.15, -0.1) is 0 Å². The van der Waals surface area contributed by atoms with Gasteiger partial charge in [-0.2, -0.15) is 0 Å². The molecule has 0 atom stereocenters. The molecule has 1 aromatic heterocycles. The first-order chi connectivity index (χ1) is 10.8. The van der Waals surface area contributed by atoms with E-state index in [0.717, 1.165) is 5.56 Å². The van der Waals surface area contributed by atoms with Gasteiger partial charge in [-0.1, -0.05) is 26.0 Å². The molecule has 124 valence electrons. The molecule has 2 rings (SSSR count). The molecule has 1 aromatic carbocycles. The molecule has 8 heteroatoms. The molecule has 1 amide bonds. The van der Waals surface area contributed by atoms with E-state index in [4.69, 9.17) is 9.56 Å². The van der Waals surface area contributed by atoms with Crippen LogP contribution in [0.1, 0.15) is 41.6 Å². The molecular formula is C15H19N3O4S. The summed E-state index contributed by atoms with van der Waals surface area (Å²) in [5.74, 6) is 0.0113. The Kier molecular flexibility index (Phi) is 5.17. The number of nitrogens with zero attached hydrogens (tertiary/aromatic N) is 1. The second-order valence-electron chi connectivity index (χ2n) is 5.42. The van der Waals surface area contributed by atoms with E-state index >= 15 is 0 Å². The van der Waals surface area contributed by atoms with Crippen molar-refractivity contribution in [2.24, 2.45) is 5.14 Å². The fourth-order valence-corrected chi connectivity index (χ4v) is 2.60. The highest BCUT2D eigenvalue weighted by atomic mass is 32.2. The normalized spacial score (nSPS) is 11.7. The maximum atomic E-state index is 12.1. The Balaban J connectivity index is 1.92. The van der Waals surface area contributed by atoms with Gasteiger partial charge in [-0.25, -0.2) is 18.5 Å². The fraction of sp³-hybridized carbons (Fsp3) is 0.333. The van der Waals surface area contributed by atoms with Gasteiger partial charge in [-0.05, 0) is 30.0 Å². The number of nitrogens with two attached hydrogens (primary N) is 1. The summed E-state index contributed by atoms with van der Waals surface area (Å²) in [5, 5.41) is 7.80. The molecule has 1 heterocycles. The Labute approximate surface area is 135 Å². The molecule has 0 radical (unpaired) electrons. The van der Waals surface area contributed by atoms with Crippen LogP contribution >= 0.6 is 0 Å². The molecule has 0 aliphatic rings. The van der Waals surface area contributed by atoms with E-state index in [0.29, 0.717) is 18.7 Å². The number of oxazole rings is 1. The predicted molar refractivity (Wildman–Crippen MR) is 84.4 cm³/mol. The number of rotatable bonds is 6. The van der Waals surface area contributed by atoms with Crippen molar-refractivity contribution in [3.8, 4) is 0 Å². The summed E-state index contributed by atoms with van der Waals surface area (Å²) in [6.45, 7) is 4.26. The molecule has 3 N–H and O–H groups in total. The van der Waals surface area contributed by atoms with Gasteiger partial charge in [0.05, 0.1) is 10.6 Å². The van der Waals surface area contributed by atoms with Crippen LogP contribution in [-0.2, 0) is 16.4 Å². The zero-order valence-electron chi connectivity index (χ0n) is 12.9. The van der Waals surface area contributed by atoms with Crippen LogP contribution in [0.3, 0.4) is 0 Å². The van der Waals surface area contributed by atoms with Gasteiger partial charge in [0.25, 0.3) is 5.91 Å². The standard InChI is InChI=1S/C15H19N3O4S/c1-10(2)13-14(22-9-18-13)15(19)17-8-7-11-3-5-12(6-4-11)23(16,20)21/h3-6,9-10H,7-8H2,1-2H3,(H,17,19)(H2,16,20,21). The Morgan fingerprint density at radius 1 is 1.30 bits per heavy atom. The van der Waals surface area contributed by atoms with Crippen molar-refractivity contribution in [2.45, 2.75) is 31.1 Å². The largest absolute Gasteiger partial charge is 0.438 e. The summed E-state index contributed by atoms with van der Waals surface area (Å²) >= 11 is 0. The second-order valence-corrected chi connectivity index (χ2v) is 6.98. The number of primary sulfonamides is 1. The van der Waals surface area contributed by atoms with Gasteiger partial charge in [-0.3, -0.25) is 4.79 Å². The van der Waals surface area contributed by atoms with Crippen LogP contribution in [0.5, 0.6) is 0 Å². The minimum Gasteiger partial charge on any atom is -0.438 e. The molecule has 0 aliphatic carbocycles. The lowest BCUT2D eigenvalue weighted by molar-refractivity contribution is 0.0924. The molecule has 2 aromatic rings. The van der Waals surface area contributed by atoms with Gasteiger partial charge in [0, 0.05) is 6.54 Å². The number of hydrogen-bond donors (Lipinski definition) is 2. The summed E-state index contributed by atoms with van der Waals surface area (Å²) in [5.41, 5.74) is 1.51. The molecule has 7 nitrogen and oxygen atoms in total. The highest BCUT2D eigenvalue weighted by Gasteiger charge is 2.18. The smallest absolute Gasteiger partial charge is 0.289 e. The van der Waals surface area contributed by atoms with E-state index in [-0.39, 0.29) is 22.5 Å². The summed E-state index contributed by atoms with van der Waals surface area (Å²) in [4.78, 5) is 16.2. The molecule has 0 bridgehead atoms. The maximum Gasteiger partial charge on any atom is 0.289 e. The lowest BCUT2D eigenvalue weighted by atomic mass is 10.1. The van der Waals surface area contributed by atoms with Crippen LogP contribution in [0.15, 0.2) is 40.0 Å². The molecule has 0 saturated carbocycles. The van der Waals surface area contributed by atoms with Crippen LogP contribution in [-0.4, -0.2) is 25.9 Å². The number of sulfonamides is 1. The lowest BCUT2D eigenvalue weighted by Crippen LogP contribution is -2.26. The summed E-state index contributed by atoms with van der Waals surface area (Å²) < 4.78 is 27.5. The van der Waals surface area contributed by atoms with E-state index < -0.39 is 10.0 Å². The van der Waals surface area contributed by atoms with Gasteiger partial charge >= 0.3 is 0 Å². The molecular weight excluding hydrogens is 318 g/mol. The topological polar surface area (TPSA) is 115 Å². The van der Waals surface area contributed by atoms with Crippen LogP contribution in [0.25, 0.3) is 0 Å². The Bertz CT molecular complexity index is 779. The van der Waals surface area contributed by atoms with Crippen LogP contribution in [0, 0.1) is 0 Å². The first kappa shape index (κ1) is 17.2. The monoisotopic (exact) mass is 337 g/mol.